The highest BCUT2D eigenvalue weighted by Gasteiger charge is 2.17. The normalized spacial score (nSPS) is 10.7. The summed E-state index contributed by atoms with van der Waals surface area (Å²) in [6.07, 6.45) is 1.10. The molecule has 0 saturated heterocycles. The van der Waals surface area contributed by atoms with Crippen molar-refractivity contribution in [1.82, 2.24) is 0 Å². The van der Waals surface area contributed by atoms with Gasteiger partial charge in [-0.1, -0.05) is 29.8 Å². The number of fused-ring (bicyclic) bond motifs is 1. The van der Waals surface area contributed by atoms with Gasteiger partial charge in [-0.15, -0.1) is 0 Å². The van der Waals surface area contributed by atoms with Crippen LogP contribution in [0.15, 0.2) is 47.1 Å². The molecule has 0 spiro atoms. The summed E-state index contributed by atoms with van der Waals surface area (Å²) in [5.74, 6) is -1.69. The quantitative estimate of drug-likeness (QED) is 0.662. The minimum absolute atomic E-state index is 0.0974. The molecule has 1 N–H and O–H groups in total. The Kier molecular flexibility index (Phi) is 5.23. The van der Waals surface area contributed by atoms with E-state index >= 15 is 0 Å². The molecule has 0 bridgehead atoms. The van der Waals surface area contributed by atoms with Gasteiger partial charge in [0.2, 0.25) is 0 Å². The minimum Gasteiger partial charge on any atom is -0.466 e. The Morgan fingerprint density at radius 1 is 1.27 bits per heavy atom. The molecule has 1 aromatic heterocycles. The van der Waals surface area contributed by atoms with Gasteiger partial charge in [0.15, 0.2) is 0 Å². The number of ether oxygens (including phenoxy) is 1. The van der Waals surface area contributed by atoms with E-state index in [1.807, 2.05) is 0 Å². The minimum atomic E-state index is -0.658. The predicted molar refractivity (Wildman–Crippen MR) is 95.9 cm³/mol. The summed E-state index contributed by atoms with van der Waals surface area (Å²) in [7, 11) is 0. The summed E-state index contributed by atoms with van der Waals surface area (Å²) in [4.78, 5) is 24.0. The topological polar surface area (TPSA) is 68.5 Å². The number of amides is 1. The zero-order valence-electron chi connectivity index (χ0n) is 13.8. The molecule has 0 saturated carbocycles. The van der Waals surface area contributed by atoms with Crippen LogP contribution in [0.2, 0.25) is 5.02 Å². The lowest BCUT2D eigenvalue weighted by Crippen LogP contribution is -2.13. The van der Waals surface area contributed by atoms with Gasteiger partial charge < -0.3 is 14.5 Å². The number of halogens is 2. The maximum absolute atomic E-state index is 14.2. The molecule has 3 aromatic rings. The zero-order valence-corrected chi connectivity index (χ0v) is 14.6. The number of hydrogen-bond donors (Lipinski definition) is 1. The van der Waals surface area contributed by atoms with Crippen LogP contribution in [0.5, 0.6) is 0 Å². The molecule has 3 rings (SSSR count). The molecule has 1 heterocycles. The van der Waals surface area contributed by atoms with E-state index in [9.17, 15) is 14.0 Å². The van der Waals surface area contributed by atoms with Gasteiger partial charge >= 0.3 is 5.97 Å². The lowest BCUT2D eigenvalue weighted by Gasteiger charge is -2.10. The summed E-state index contributed by atoms with van der Waals surface area (Å²) < 4.78 is 24.4. The van der Waals surface area contributed by atoms with Crippen LogP contribution in [0.1, 0.15) is 22.8 Å². The van der Waals surface area contributed by atoms with Crippen molar-refractivity contribution in [1.29, 1.82) is 0 Å². The van der Waals surface area contributed by atoms with Crippen molar-refractivity contribution in [2.45, 2.75) is 13.3 Å². The molecule has 0 fully saturated rings. The molecular weight excluding hydrogens is 361 g/mol. The molecule has 2 aromatic carbocycles. The Balaban J connectivity index is 1.82. The van der Waals surface area contributed by atoms with E-state index in [0.717, 1.165) is 6.07 Å². The number of para-hydroxylation sites is 1. The molecule has 0 radical (unpaired) electrons. The second-order valence-electron chi connectivity index (χ2n) is 5.50. The lowest BCUT2D eigenvalue weighted by atomic mass is 10.1. The molecule has 7 heteroatoms. The molecule has 1 amide bonds. The summed E-state index contributed by atoms with van der Waals surface area (Å²) in [5, 5.41) is 3.32. The largest absolute Gasteiger partial charge is 0.466 e. The first kappa shape index (κ1) is 17.9. The number of benzene rings is 2. The van der Waals surface area contributed by atoms with Crippen molar-refractivity contribution in [2.75, 3.05) is 11.9 Å². The van der Waals surface area contributed by atoms with Gasteiger partial charge in [-0.2, -0.15) is 0 Å². The van der Waals surface area contributed by atoms with Crippen molar-refractivity contribution >= 4 is 40.1 Å². The fourth-order valence-electron chi connectivity index (χ4n) is 2.53. The summed E-state index contributed by atoms with van der Waals surface area (Å²) >= 11 is 6.13. The third-order valence-electron chi connectivity index (χ3n) is 3.75. The summed E-state index contributed by atoms with van der Waals surface area (Å²) in [6, 6.07) is 9.45. The van der Waals surface area contributed by atoms with Crippen LogP contribution in [0.3, 0.4) is 0 Å². The second-order valence-corrected chi connectivity index (χ2v) is 5.91. The van der Waals surface area contributed by atoms with E-state index in [1.165, 1.54) is 12.3 Å². The molecule has 0 unspecified atom stereocenters. The van der Waals surface area contributed by atoms with E-state index in [-0.39, 0.29) is 29.3 Å². The number of anilines is 1. The number of furan rings is 1. The van der Waals surface area contributed by atoms with Crippen LogP contribution in [-0.2, 0) is 16.0 Å². The molecule has 0 aliphatic carbocycles. The van der Waals surface area contributed by atoms with Crippen molar-refractivity contribution in [2.24, 2.45) is 0 Å². The van der Waals surface area contributed by atoms with E-state index in [1.54, 1.807) is 31.2 Å². The van der Waals surface area contributed by atoms with Crippen LogP contribution in [-0.4, -0.2) is 18.5 Å². The second kappa shape index (κ2) is 7.58. The first-order valence-corrected chi connectivity index (χ1v) is 8.28. The fourth-order valence-corrected chi connectivity index (χ4v) is 2.76. The molecular formula is C19H15ClFNO4. The average Bonchev–Trinajstić information content (AvgIpc) is 3.03. The van der Waals surface area contributed by atoms with Crippen LogP contribution < -0.4 is 5.32 Å². The zero-order chi connectivity index (χ0) is 18.7. The van der Waals surface area contributed by atoms with E-state index in [2.05, 4.69) is 5.32 Å². The molecule has 0 aliphatic heterocycles. The number of esters is 1. The standard InChI is InChI=1S/C19H15ClFNO4/c1-2-25-18(23)8-11-7-14(20)16(9-15(11)21)22-19(24)13-10-26-17-6-4-3-5-12(13)17/h3-7,9-10H,2,8H2,1H3,(H,22,24). The lowest BCUT2D eigenvalue weighted by molar-refractivity contribution is -0.142. The van der Waals surface area contributed by atoms with Crippen molar-refractivity contribution in [3.8, 4) is 0 Å². The third kappa shape index (κ3) is 3.70. The van der Waals surface area contributed by atoms with Gasteiger partial charge in [-0.3, -0.25) is 9.59 Å². The Morgan fingerprint density at radius 3 is 2.81 bits per heavy atom. The Hall–Kier alpha value is -2.86. The molecule has 0 atom stereocenters. The Morgan fingerprint density at radius 2 is 2.04 bits per heavy atom. The van der Waals surface area contributed by atoms with Crippen molar-refractivity contribution < 1.29 is 23.1 Å². The van der Waals surface area contributed by atoms with Gasteiger partial charge in [-0.05, 0) is 25.1 Å². The molecule has 26 heavy (non-hydrogen) atoms. The van der Waals surface area contributed by atoms with Crippen LogP contribution >= 0.6 is 11.6 Å². The van der Waals surface area contributed by atoms with Crippen LogP contribution in [0, 0.1) is 5.82 Å². The molecule has 0 aliphatic rings. The maximum Gasteiger partial charge on any atom is 0.310 e. The van der Waals surface area contributed by atoms with Gasteiger partial charge in [-0.25, -0.2) is 4.39 Å². The van der Waals surface area contributed by atoms with Gasteiger partial charge in [0.1, 0.15) is 17.7 Å². The highest BCUT2D eigenvalue weighted by molar-refractivity contribution is 6.34. The number of nitrogens with one attached hydrogen (secondary N) is 1. The maximum atomic E-state index is 14.2. The Labute approximate surface area is 153 Å². The van der Waals surface area contributed by atoms with Gasteiger partial charge in [0.05, 0.1) is 29.3 Å². The SMILES string of the molecule is CCOC(=O)Cc1cc(Cl)c(NC(=O)c2coc3ccccc23)cc1F. The smallest absolute Gasteiger partial charge is 0.310 e. The Bertz CT molecular complexity index is 983. The first-order valence-electron chi connectivity index (χ1n) is 7.90. The number of rotatable bonds is 5. The van der Waals surface area contributed by atoms with Crippen molar-refractivity contribution in [3.63, 3.8) is 0 Å². The molecule has 5 nitrogen and oxygen atoms in total. The number of carbonyl (C=O) groups is 2. The number of carbonyl (C=O) groups excluding carboxylic acids is 2. The third-order valence-corrected chi connectivity index (χ3v) is 4.06. The first-order chi connectivity index (χ1) is 12.5. The van der Waals surface area contributed by atoms with Crippen LogP contribution in [0.25, 0.3) is 11.0 Å². The highest BCUT2D eigenvalue weighted by Crippen LogP contribution is 2.28. The molecule has 134 valence electrons. The van der Waals surface area contributed by atoms with Gasteiger partial charge in [0.25, 0.3) is 5.91 Å². The van der Waals surface area contributed by atoms with Crippen molar-refractivity contribution in [3.05, 3.63) is 64.6 Å². The monoisotopic (exact) mass is 375 g/mol. The summed E-state index contributed by atoms with van der Waals surface area (Å²) in [6.45, 7) is 1.88. The predicted octanol–water partition coefficient (Wildman–Crippen LogP) is 4.58. The fraction of sp³-hybridized carbons (Fsp3) is 0.158. The van der Waals surface area contributed by atoms with Crippen LogP contribution in [0.4, 0.5) is 10.1 Å². The highest BCUT2D eigenvalue weighted by atomic mass is 35.5. The van der Waals surface area contributed by atoms with E-state index in [4.69, 9.17) is 20.8 Å². The number of hydrogen-bond acceptors (Lipinski definition) is 4. The van der Waals surface area contributed by atoms with Gasteiger partial charge in [0, 0.05) is 10.9 Å². The van der Waals surface area contributed by atoms with E-state index < -0.39 is 17.7 Å². The average molecular weight is 376 g/mol. The van der Waals surface area contributed by atoms with E-state index in [0.29, 0.717) is 16.5 Å². The summed E-state index contributed by atoms with van der Waals surface area (Å²) in [5.41, 5.74) is 1.08.